The van der Waals surface area contributed by atoms with Crippen molar-refractivity contribution in [3.8, 4) is 17.1 Å². The molecule has 0 amide bonds. The van der Waals surface area contributed by atoms with Gasteiger partial charge in [0.25, 0.3) is 0 Å². The summed E-state index contributed by atoms with van der Waals surface area (Å²) in [5.41, 5.74) is 5.67. The molecule has 0 bridgehead atoms. The minimum absolute atomic E-state index is 0.210. The van der Waals surface area contributed by atoms with Gasteiger partial charge in [0.15, 0.2) is 11.6 Å². The first kappa shape index (κ1) is 10.9. The van der Waals surface area contributed by atoms with E-state index in [1.165, 1.54) is 19.2 Å². The Hall–Kier alpha value is -1.56. The van der Waals surface area contributed by atoms with Crippen LogP contribution in [0.2, 0.25) is 0 Å². The fourth-order valence-corrected chi connectivity index (χ4v) is 1.79. The van der Waals surface area contributed by atoms with Gasteiger partial charge in [-0.15, -0.1) is 0 Å². The maximum atomic E-state index is 13.7. The van der Waals surface area contributed by atoms with Crippen molar-refractivity contribution in [3.05, 3.63) is 28.5 Å². The first-order valence-corrected chi connectivity index (χ1v) is 5.16. The predicted octanol–water partition coefficient (Wildman–Crippen LogP) is 2.83. The van der Waals surface area contributed by atoms with Crippen molar-refractivity contribution in [2.75, 3.05) is 12.8 Å². The summed E-state index contributed by atoms with van der Waals surface area (Å²) < 4.78 is 24.2. The molecule has 0 fully saturated rings. The molecule has 0 aliphatic heterocycles. The van der Waals surface area contributed by atoms with Gasteiger partial charge in [0, 0.05) is 12.1 Å². The summed E-state index contributed by atoms with van der Waals surface area (Å²) >= 11 is 3.26. The standard InChI is InChI=1S/C10H8BrFN2O2/c1-15-9-3-7(12)5(2-6(9)11)8-4-10(13)14-16-8/h2-4H,1H3,(H2,13,14). The summed E-state index contributed by atoms with van der Waals surface area (Å²) in [4.78, 5) is 0. The molecule has 0 aliphatic rings. The van der Waals surface area contributed by atoms with E-state index in [-0.39, 0.29) is 17.1 Å². The van der Waals surface area contributed by atoms with Crippen LogP contribution in [-0.4, -0.2) is 12.3 Å². The monoisotopic (exact) mass is 286 g/mol. The molecule has 84 valence electrons. The lowest BCUT2D eigenvalue weighted by molar-refractivity contribution is 0.407. The van der Waals surface area contributed by atoms with Gasteiger partial charge in [-0.1, -0.05) is 5.16 Å². The predicted molar refractivity (Wildman–Crippen MR) is 60.6 cm³/mol. The normalized spacial score (nSPS) is 10.4. The highest BCUT2D eigenvalue weighted by Crippen LogP contribution is 2.33. The van der Waals surface area contributed by atoms with Gasteiger partial charge >= 0.3 is 0 Å². The molecule has 2 aromatic rings. The Morgan fingerprint density at radius 3 is 2.75 bits per heavy atom. The number of nitrogens with two attached hydrogens (primary N) is 1. The first-order chi connectivity index (χ1) is 7.61. The van der Waals surface area contributed by atoms with E-state index in [9.17, 15) is 4.39 Å². The van der Waals surface area contributed by atoms with Crippen LogP contribution in [0.4, 0.5) is 10.2 Å². The lowest BCUT2D eigenvalue weighted by Crippen LogP contribution is -1.89. The molecule has 2 N–H and O–H groups in total. The SMILES string of the molecule is COc1cc(F)c(-c2cc(N)no2)cc1Br. The van der Waals surface area contributed by atoms with Crippen molar-refractivity contribution >= 4 is 21.7 Å². The molecule has 0 radical (unpaired) electrons. The van der Waals surface area contributed by atoms with Crippen LogP contribution in [0.1, 0.15) is 0 Å². The smallest absolute Gasteiger partial charge is 0.172 e. The molecule has 0 saturated carbocycles. The molecule has 0 spiro atoms. The number of nitrogens with zero attached hydrogens (tertiary/aromatic N) is 1. The van der Waals surface area contributed by atoms with Gasteiger partial charge in [-0.3, -0.25) is 0 Å². The molecule has 0 aliphatic carbocycles. The van der Waals surface area contributed by atoms with Crippen molar-refractivity contribution < 1.29 is 13.7 Å². The highest BCUT2D eigenvalue weighted by atomic mass is 79.9. The topological polar surface area (TPSA) is 61.3 Å². The van der Waals surface area contributed by atoms with Crippen LogP contribution in [0.3, 0.4) is 0 Å². The lowest BCUT2D eigenvalue weighted by atomic mass is 10.1. The molecule has 0 unspecified atom stereocenters. The van der Waals surface area contributed by atoms with E-state index in [4.69, 9.17) is 15.0 Å². The number of rotatable bonds is 2. The zero-order valence-corrected chi connectivity index (χ0v) is 9.92. The molecule has 1 aromatic carbocycles. The molecule has 1 heterocycles. The van der Waals surface area contributed by atoms with Gasteiger partial charge in [0.2, 0.25) is 0 Å². The van der Waals surface area contributed by atoms with Gasteiger partial charge in [-0.05, 0) is 22.0 Å². The number of anilines is 1. The lowest BCUT2D eigenvalue weighted by Gasteiger charge is -2.05. The quantitative estimate of drug-likeness (QED) is 0.922. The van der Waals surface area contributed by atoms with Crippen LogP contribution in [0, 0.1) is 5.82 Å². The molecule has 6 heteroatoms. The molecule has 16 heavy (non-hydrogen) atoms. The summed E-state index contributed by atoms with van der Waals surface area (Å²) in [5, 5.41) is 3.50. The Bertz CT molecular complexity index is 528. The summed E-state index contributed by atoms with van der Waals surface area (Å²) in [6.07, 6.45) is 0. The summed E-state index contributed by atoms with van der Waals surface area (Å²) in [6.45, 7) is 0. The third-order valence-electron chi connectivity index (χ3n) is 2.04. The van der Waals surface area contributed by atoms with Crippen LogP contribution >= 0.6 is 15.9 Å². The van der Waals surface area contributed by atoms with Crippen LogP contribution < -0.4 is 10.5 Å². The zero-order valence-electron chi connectivity index (χ0n) is 8.33. The minimum Gasteiger partial charge on any atom is -0.495 e. The van der Waals surface area contributed by atoms with Crippen molar-refractivity contribution in [1.82, 2.24) is 5.16 Å². The molecule has 0 atom stereocenters. The second kappa shape index (κ2) is 4.13. The number of ether oxygens (including phenoxy) is 1. The summed E-state index contributed by atoms with van der Waals surface area (Å²) in [5.74, 6) is 0.435. The number of hydrogen-bond donors (Lipinski definition) is 1. The average Bonchev–Trinajstić information content (AvgIpc) is 2.67. The minimum atomic E-state index is -0.462. The highest BCUT2D eigenvalue weighted by molar-refractivity contribution is 9.10. The largest absolute Gasteiger partial charge is 0.495 e. The van der Waals surface area contributed by atoms with E-state index in [0.717, 1.165) is 0 Å². The Balaban J connectivity index is 2.54. The van der Waals surface area contributed by atoms with Gasteiger partial charge in [-0.25, -0.2) is 4.39 Å². The molecular weight excluding hydrogens is 279 g/mol. The van der Waals surface area contributed by atoms with E-state index in [2.05, 4.69) is 21.1 Å². The highest BCUT2D eigenvalue weighted by Gasteiger charge is 2.14. The van der Waals surface area contributed by atoms with Crippen LogP contribution in [0.5, 0.6) is 5.75 Å². The van der Waals surface area contributed by atoms with Gasteiger partial charge < -0.3 is 15.0 Å². The Morgan fingerprint density at radius 2 is 2.19 bits per heavy atom. The van der Waals surface area contributed by atoms with Crippen LogP contribution in [0.15, 0.2) is 27.2 Å². The average molecular weight is 287 g/mol. The Labute approximate surface area is 99.3 Å². The van der Waals surface area contributed by atoms with Crippen molar-refractivity contribution in [2.24, 2.45) is 0 Å². The van der Waals surface area contributed by atoms with E-state index >= 15 is 0 Å². The Morgan fingerprint density at radius 1 is 1.44 bits per heavy atom. The number of hydrogen-bond acceptors (Lipinski definition) is 4. The molecule has 1 aromatic heterocycles. The Kier molecular flexibility index (Phi) is 2.82. The number of benzene rings is 1. The van der Waals surface area contributed by atoms with E-state index in [1.54, 1.807) is 6.07 Å². The van der Waals surface area contributed by atoms with Gasteiger partial charge in [-0.2, -0.15) is 0 Å². The van der Waals surface area contributed by atoms with Gasteiger partial charge in [0.05, 0.1) is 17.1 Å². The second-order valence-electron chi connectivity index (χ2n) is 3.08. The summed E-state index contributed by atoms with van der Waals surface area (Å²) in [6, 6.07) is 4.27. The number of aromatic nitrogens is 1. The molecular formula is C10H8BrFN2O2. The summed E-state index contributed by atoms with van der Waals surface area (Å²) in [7, 11) is 1.46. The van der Waals surface area contributed by atoms with Crippen molar-refractivity contribution in [1.29, 1.82) is 0 Å². The second-order valence-corrected chi connectivity index (χ2v) is 3.94. The fourth-order valence-electron chi connectivity index (χ4n) is 1.29. The van der Waals surface area contributed by atoms with Crippen LogP contribution in [0.25, 0.3) is 11.3 Å². The van der Waals surface area contributed by atoms with E-state index in [0.29, 0.717) is 10.2 Å². The van der Waals surface area contributed by atoms with Crippen molar-refractivity contribution in [2.45, 2.75) is 0 Å². The maximum Gasteiger partial charge on any atom is 0.172 e. The van der Waals surface area contributed by atoms with Gasteiger partial charge in [0.1, 0.15) is 11.6 Å². The third-order valence-corrected chi connectivity index (χ3v) is 2.66. The first-order valence-electron chi connectivity index (χ1n) is 4.37. The zero-order chi connectivity index (χ0) is 11.7. The maximum absolute atomic E-state index is 13.7. The molecule has 2 rings (SSSR count). The van der Waals surface area contributed by atoms with Crippen LogP contribution in [-0.2, 0) is 0 Å². The van der Waals surface area contributed by atoms with E-state index < -0.39 is 5.82 Å². The van der Waals surface area contributed by atoms with E-state index in [1.807, 2.05) is 0 Å². The fraction of sp³-hybridized carbons (Fsp3) is 0.100. The number of methoxy groups -OCH3 is 1. The molecule has 4 nitrogen and oxygen atoms in total. The number of halogens is 2. The molecule has 0 saturated heterocycles. The van der Waals surface area contributed by atoms with Crippen molar-refractivity contribution in [3.63, 3.8) is 0 Å². The number of nitrogen functional groups attached to an aromatic ring is 1. The third kappa shape index (κ3) is 1.88.